The zero-order chi connectivity index (χ0) is 10.7. The monoisotopic (exact) mass is 205 g/mol. The summed E-state index contributed by atoms with van der Waals surface area (Å²) in [6, 6.07) is 0. The Bertz CT molecular complexity index is 303. The summed E-state index contributed by atoms with van der Waals surface area (Å²) in [7, 11) is 0. The van der Waals surface area contributed by atoms with Gasteiger partial charge in [-0.15, -0.1) is 0 Å². The predicted octanol–water partition coefficient (Wildman–Crippen LogP) is 1.98. The molecule has 1 fully saturated rings. The standard InChI is InChI=1S/C12H19N3/c1-10(4-7-15-5-3-6-15)12-9-13-11(2)8-14-12/h8-10H,3-7H2,1-2H3. The van der Waals surface area contributed by atoms with Crippen LogP contribution >= 0.6 is 0 Å². The summed E-state index contributed by atoms with van der Waals surface area (Å²) in [5.41, 5.74) is 2.12. The summed E-state index contributed by atoms with van der Waals surface area (Å²) in [6.45, 7) is 7.98. The molecule has 1 aromatic rings. The third-order valence-corrected chi connectivity index (χ3v) is 3.13. The molecule has 3 heteroatoms. The quantitative estimate of drug-likeness (QED) is 0.752. The van der Waals surface area contributed by atoms with Gasteiger partial charge in [0.25, 0.3) is 0 Å². The van der Waals surface area contributed by atoms with Crippen LogP contribution in [0.5, 0.6) is 0 Å². The molecule has 0 amide bonds. The molecule has 0 aliphatic carbocycles. The normalized spacial score (nSPS) is 18.5. The summed E-state index contributed by atoms with van der Waals surface area (Å²) in [5.74, 6) is 0.527. The van der Waals surface area contributed by atoms with Gasteiger partial charge in [0.2, 0.25) is 0 Å². The lowest BCUT2D eigenvalue weighted by Gasteiger charge is -2.31. The van der Waals surface area contributed by atoms with E-state index in [1.807, 2.05) is 19.3 Å². The third-order valence-electron chi connectivity index (χ3n) is 3.13. The van der Waals surface area contributed by atoms with Gasteiger partial charge in [-0.25, -0.2) is 0 Å². The van der Waals surface area contributed by atoms with Crippen molar-refractivity contribution < 1.29 is 0 Å². The molecule has 0 spiro atoms. The van der Waals surface area contributed by atoms with E-state index in [4.69, 9.17) is 0 Å². The molecule has 15 heavy (non-hydrogen) atoms. The van der Waals surface area contributed by atoms with Crippen LogP contribution in [0.25, 0.3) is 0 Å². The maximum Gasteiger partial charge on any atom is 0.0615 e. The zero-order valence-corrected chi connectivity index (χ0v) is 9.61. The number of hydrogen-bond acceptors (Lipinski definition) is 3. The maximum atomic E-state index is 4.42. The van der Waals surface area contributed by atoms with Gasteiger partial charge in [-0.1, -0.05) is 6.92 Å². The molecule has 82 valence electrons. The fraction of sp³-hybridized carbons (Fsp3) is 0.667. The Kier molecular flexibility index (Phi) is 3.31. The fourth-order valence-electron chi connectivity index (χ4n) is 1.79. The molecule has 0 radical (unpaired) electrons. The molecule has 3 nitrogen and oxygen atoms in total. The molecule has 1 aliphatic rings. The largest absolute Gasteiger partial charge is 0.303 e. The second-order valence-electron chi connectivity index (χ2n) is 4.47. The first-order valence-electron chi connectivity index (χ1n) is 5.76. The second-order valence-corrected chi connectivity index (χ2v) is 4.47. The Morgan fingerprint density at radius 1 is 1.33 bits per heavy atom. The van der Waals surface area contributed by atoms with Gasteiger partial charge < -0.3 is 4.90 Å². The van der Waals surface area contributed by atoms with E-state index in [-0.39, 0.29) is 0 Å². The van der Waals surface area contributed by atoms with E-state index in [0.717, 1.165) is 11.4 Å². The molecule has 1 aliphatic heterocycles. The Hall–Kier alpha value is -0.960. The summed E-state index contributed by atoms with van der Waals surface area (Å²) in [6.07, 6.45) is 6.34. The molecule has 2 heterocycles. The molecule has 1 saturated heterocycles. The maximum absolute atomic E-state index is 4.42. The summed E-state index contributed by atoms with van der Waals surface area (Å²) >= 11 is 0. The topological polar surface area (TPSA) is 29.0 Å². The highest BCUT2D eigenvalue weighted by molar-refractivity contribution is 5.05. The summed E-state index contributed by atoms with van der Waals surface area (Å²) in [5, 5.41) is 0. The van der Waals surface area contributed by atoms with E-state index in [2.05, 4.69) is 21.8 Å². The van der Waals surface area contributed by atoms with Crippen LogP contribution in [0.3, 0.4) is 0 Å². The van der Waals surface area contributed by atoms with Crippen LogP contribution in [0, 0.1) is 6.92 Å². The van der Waals surface area contributed by atoms with Gasteiger partial charge in [0, 0.05) is 18.3 Å². The molecule has 0 bridgehead atoms. The average Bonchev–Trinajstić information content (AvgIpc) is 2.16. The van der Waals surface area contributed by atoms with Crippen molar-refractivity contribution in [1.29, 1.82) is 0 Å². The van der Waals surface area contributed by atoms with Crippen molar-refractivity contribution in [3.05, 3.63) is 23.8 Å². The lowest BCUT2D eigenvalue weighted by Crippen LogP contribution is -2.38. The molecular weight excluding hydrogens is 186 g/mol. The zero-order valence-electron chi connectivity index (χ0n) is 9.61. The lowest BCUT2D eigenvalue weighted by molar-refractivity contribution is 0.175. The molecule has 1 unspecified atom stereocenters. The minimum absolute atomic E-state index is 0.527. The summed E-state index contributed by atoms with van der Waals surface area (Å²) < 4.78 is 0. The molecule has 0 N–H and O–H groups in total. The smallest absolute Gasteiger partial charge is 0.0615 e. The van der Waals surface area contributed by atoms with E-state index in [1.54, 1.807) is 0 Å². The molecular formula is C12H19N3. The van der Waals surface area contributed by atoms with Gasteiger partial charge in [0.1, 0.15) is 0 Å². The Labute approximate surface area is 91.5 Å². The van der Waals surface area contributed by atoms with Crippen LogP contribution in [0.2, 0.25) is 0 Å². The van der Waals surface area contributed by atoms with E-state index >= 15 is 0 Å². The van der Waals surface area contributed by atoms with Gasteiger partial charge >= 0.3 is 0 Å². The van der Waals surface area contributed by atoms with E-state index < -0.39 is 0 Å². The Balaban J connectivity index is 1.83. The van der Waals surface area contributed by atoms with Gasteiger partial charge in [-0.05, 0) is 39.4 Å². The highest BCUT2D eigenvalue weighted by Gasteiger charge is 2.15. The molecule has 1 aromatic heterocycles. The SMILES string of the molecule is Cc1cnc(C(C)CCN2CCC2)cn1. The first-order chi connectivity index (χ1) is 7.25. The molecule has 1 atom stereocenters. The summed E-state index contributed by atoms with van der Waals surface area (Å²) in [4.78, 5) is 11.2. The molecule has 0 saturated carbocycles. The number of aromatic nitrogens is 2. The average molecular weight is 205 g/mol. The molecule has 2 rings (SSSR count). The van der Waals surface area contributed by atoms with E-state index in [1.165, 1.54) is 32.5 Å². The van der Waals surface area contributed by atoms with Gasteiger partial charge in [-0.2, -0.15) is 0 Å². The van der Waals surface area contributed by atoms with Crippen molar-refractivity contribution >= 4 is 0 Å². The number of nitrogens with zero attached hydrogens (tertiary/aromatic N) is 3. The highest BCUT2D eigenvalue weighted by Crippen LogP contribution is 2.18. The van der Waals surface area contributed by atoms with Crippen LogP contribution in [-0.4, -0.2) is 34.5 Å². The molecule has 0 aromatic carbocycles. The van der Waals surface area contributed by atoms with Gasteiger partial charge in [0.05, 0.1) is 11.4 Å². The minimum atomic E-state index is 0.527. The van der Waals surface area contributed by atoms with Crippen LogP contribution in [-0.2, 0) is 0 Å². The first kappa shape index (κ1) is 10.6. The van der Waals surface area contributed by atoms with Crippen molar-refractivity contribution in [1.82, 2.24) is 14.9 Å². The van der Waals surface area contributed by atoms with Crippen LogP contribution in [0.4, 0.5) is 0 Å². The van der Waals surface area contributed by atoms with Crippen molar-refractivity contribution in [3.63, 3.8) is 0 Å². The van der Waals surface area contributed by atoms with Gasteiger partial charge in [-0.3, -0.25) is 9.97 Å². The number of rotatable bonds is 4. The lowest BCUT2D eigenvalue weighted by atomic mass is 10.0. The van der Waals surface area contributed by atoms with Gasteiger partial charge in [0.15, 0.2) is 0 Å². The second kappa shape index (κ2) is 4.71. The first-order valence-corrected chi connectivity index (χ1v) is 5.76. The van der Waals surface area contributed by atoms with Crippen LogP contribution in [0.1, 0.15) is 37.1 Å². The minimum Gasteiger partial charge on any atom is -0.303 e. The van der Waals surface area contributed by atoms with Crippen molar-refractivity contribution in [3.8, 4) is 0 Å². The van der Waals surface area contributed by atoms with Crippen molar-refractivity contribution in [2.75, 3.05) is 19.6 Å². The van der Waals surface area contributed by atoms with E-state index in [9.17, 15) is 0 Å². The Morgan fingerprint density at radius 2 is 2.13 bits per heavy atom. The number of hydrogen-bond donors (Lipinski definition) is 0. The highest BCUT2D eigenvalue weighted by atomic mass is 15.2. The Morgan fingerprint density at radius 3 is 2.67 bits per heavy atom. The number of likely N-dealkylation sites (tertiary alicyclic amines) is 1. The van der Waals surface area contributed by atoms with Crippen LogP contribution < -0.4 is 0 Å². The van der Waals surface area contributed by atoms with Crippen molar-refractivity contribution in [2.24, 2.45) is 0 Å². The van der Waals surface area contributed by atoms with Crippen molar-refractivity contribution in [2.45, 2.75) is 32.6 Å². The fourth-order valence-corrected chi connectivity index (χ4v) is 1.79. The number of aryl methyl sites for hydroxylation is 1. The third kappa shape index (κ3) is 2.75. The van der Waals surface area contributed by atoms with Crippen LogP contribution in [0.15, 0.2) is 12.4 Å². The van der Waals surface area contributed by atoms with E-state index in [0.29, 0.717) is 5.92 Å². The predicted molar refractivity (Wildman–Crippen MR) is 60.9 cm³/mol.